The average Bonchev–Trinajstić information content (AvgIpc) is 2.63. The molecular weight excluding hydrogens is 358 g/mol. The van der Waals surface area contributed by atoms with Crippen LogP contribution in [0.3, 0.4) is 0 Å². The van der Waals surface area contributed by atoms with E-state index in [-0.39, 0.29) is 6.61 Å². The van der Waals surface area contributed by atoms with Gasteiger partial charge in [0.25, 0.3) is 5.91 Å². The van der Waals surface area contributed by atoms with Crippen molar-refractivity contribution < 1.29 is 23.8 Å². The molecule has 2 aromatic carbocycles. The van der Waals surface area contributed by atoms with Gasteiger partial charge in [0.2, 0.25) is 0 Å². The second-order valence-electron chi connectivity index (χ2n) is 5.29. The van der Waals surface area contributed by atoms with Crippen molar-refractivity contribution in [2.24, 2.45) is 0 Å². The third-order valence-electron chi connectivity index (χ3n) is 3.30. The van der Waals surface area contributed by atoms with E-state index in [1.807, 2.05) is 6.92 Å². The zero-order valence-corrected chi connectivity index (χ0v) is 15.3. The summed E-state index contributed by atoms with van der Waals surface area (Å²) in [6.45, 7) is 3.63. The molecule has 1 N–H and O–H groups in total. The largest absolute Gasteiger partial charge is 0.494 e. The number of nitrogens with one attached hydrogen (secondary N) is 1. The summed E-state index contributed by atoms with van der Waals surface area (Å²) in [5, 5.41) is 3.01. The predicted molar refractivity (Wildman–Crippen MR) is 98.7 cm³/mol. The van der Waals surface area contributed by atoms with Gasteiger partial charge in [-0.05, 0) is 50.2 Å². The zero-order valence-electron chi connectivity index (χ0n) is 14.5. The lowest BCUT2D eigenvalue weighted by Crippen LogP contribution is -2.31. The van der Waals surface area contributed by atoms with Gasteiger partial charge in [0, 0.05) is 0 Å². The Hall–Kier alpha value is -2.73. The van der Waals surface area contributed by atoms with Crippen LogP contribution in [-0.4, -0.2) is 31.2 Å². The molecular formula is C19H20ClNO5. The van der Waals surface area contributed by atoms with E-state index in [0.717, 1.165) is 0 Å². The fraction of sp³-hybridized carbons (Fsp3) is 0.263. The minimum absolute atomic E-state index is 0.308. The van der Waals surface area contributed by atoms with Gasteiger partial charge in [-0.2, -0.15) is 0 Å². The number of anilines is 1. The van der Waals surface area contributed by atoms with Crippen LogP contribution < -0.4 is 14.8 Å². The Bertz CT molecular complexity index is 748. The van der Waals surface area contributed by atoms with Crippen LogP contribution in [0.1, 0.15) is 13.8 Å². The molecule has 0 heterocycles. The highest BCUT2D eigenvalue weighted by Gasteiger charge is 2.19. The highest BCUT2D eigenvalue weighted by molar-refractivity contribution is 6.33. The molecule has 0 spiro atoms. The number of hydrogen-bond acceptors (Lipinski definition) is 5. The summed E-state index contributed by atoms with van der Waals surface area (Å²) in [4.78, 5) is 23.9. The van der Waals surface area contributed by atoms with Crippen LogP contribution >= 0.6 is 11.6 Å². The van der Waals surface area contributed by atoms with Gasteiger partial charge in [-0.25, -0.2) is 4.79 Å². The smallest absolute Gasteiger partial charge is 0.344 e. The second kappa shape index (κ2) is 9.68. The fourth-order valence-corrected chi connectivity index (χ4v) is 2.21. The van der Waals surface area contributed by atoms with Gasteiger partial charge < -0.3 is 19.5 Å². The van der Waals surface area contributed by atoms with Crippen molar-refractivity contribution in [1.82, 2.24) is 0 Å². The van der Waals surface area contributed by atoms with E-state index in [9.17, 15) is 9.59 Å². The molecule has 6 nitrogen and oxygen atoms in total. The number of carbonyl (C=O) groups excluding carboxylic acids is 2. The molecule has 0 bridgehead atoms. The van der Waals surface area contributed by atoms with Crippen LogP contribution in [0.25, 0.3) is 0 Å². The lowest BCUT2D eigenvalue weighted by Gasteiger charge is -2.14. The van der Waals surface area contributed by atoms with Crippen molar-refractivity contribution in [2.75, 3.05) is 18.5 Å². The van der Waals surface area contributed by atoms with Crippen LogP contribution in [0.4, 0.5) is 5.69 Å². The number of amides is 1. The Balaban J connectivity index is 1.79. The molecule has 0 saturated heterocycles. The molecule has 0 aromatic heterocycles. The molecule has 0 fully saturated rings. The van der Waals surface area contributed by atoms with Gasteiger partial charge in [-0.15, -0.1) is 0 Å². The first-order valence-corrected chi connectivity index (χ1v) is 8.48. The molecule has 1 amide bonds. The van der Waals surface area contributed by atoms with Gasteiger partial charge >= 0.3 is 5.97 Å². The summed E-state index contributed by atoms with van der Waals surface area (Å²) < 4.78 is 15.7. The summed E-state index contributed by atoms with van der Waals surface area (Å²) in [5.74, 6) is 0.0825. The molecule has 0 unspecified atom stereocenters. The van der Waals surface area contributed by atoms with Crippen molar-refractivity contribution in [2.45, 2.75) is 20.0 Å². The molecule has 1 atom stereocenters. The van der Waals surface area contributed by atoms with E-state index in [0.29, 0.717) is 28.8 Å². The molecule has 0 radical (unpaired) electrons. The number of ether oxygens (including phenoxy) is 3. The van der Waals surface area contributed by atoms with E-state index in [1.165, 1.54) is 6.92 Å². The van der Waals surface area contributed by atoms with Crippen LogP contribution in [0.5, 0.6) is 11.5 Å². The first kappa shape index (κ1) is 19.6. The molecule has 2 aromatic rings. The van der Waals surface area contributed by atoms with E-state index < -0.39 is 18.0 Å². The van der Waals surface area contributed by atoms with Gasteiger partial charge in [0.1, 0.15) is 11.5 Å². The van der Waals surface area contributed by atoms with Crippen LogP contribution in [0.15, 0.2) is 48.5 Å². The standard InChI is InChI=1S/C19H20ClNO5/c1-3-24-14-8-10-15(11-9-14)25-12-18(22)26-13(2)19(23)21-17-7-5-4-6-16(17)20/h4-11,13H,3,12H2,1-2H3,(H,21,23)/t13-/m0/s1. The van der Waals surface area contributed by atoms with E-state index in [1.54, 1.807) is 48.5 Å². The summed E-state index contributed by atoms with van der Waals surface area (Å²) in [5.41, 5.74) is 0.452. The van der Waals surface area contributed by atoms with Gasteiger partial charge in [0.15, 0.2) is 12.7 Å². The van der Waals surface area contributed by atoms with Crippen LogP contribution in [0.2, 0.25) is 5.02 Å². The van der Waals surface area contributed by atoms with E-state index >= 15 is 0 Å². The third-order valence-corrected chi connectivity index (χ3v) is 3.63. The number of para-hydroxylation sites is 1. The Kier molecular flexibility index (Phi) is 7.29. The first-order chi connectivity index (χ1) is 12.5. The van der Waals surface area contributed by atoms with Crippen molar-refractivity contribution in [1.29, 1.82) is 0 Å². The highest BCUT2D eigenvalue weighted by Crippen LogP contribution is 2.21. The number of rotatable bonds is 8. The second-order valence-corrected chi connectivity index (χ2v) is 5.70. The number of hydrogen-bond donors (Lipinski definition) is 1. The summed E-state index contributed by atoms with van der Waals surface area (Å²) in [7, 11) is 0. The number of esters is 1. The summed E-state index contributed by atoms with van der Waals surface area (Å²) in [6.07, 6.45) is -0.984. The Morgan fingerprint density at radius 3 is 2.27 bits per heavy atom. The Morgan fingerprint density at radius 1 is 1.04 bits per heavy atom. The molecule has 7 heteroatoms. The topological polar surface area (TPSA) is 73.9 Å². The van der Waals surface area contributed by atoms with Crippen molar-refractivity contribution in [3.63, 3.8) is 0 Å². The van der Waals surface area contributed by atoms with Crippen molar-refractivity contribution in [3.05, 3.63) is 53.6 Å². The lowest BCUT2D eigenvalue weighted by atomic mass is 10.3. The van der Waals surface area contributed by atoms with Gasteiger partial charge in [-0.3, -0.25) is 4.79 Å². The number of benzene rings is 2. The SMILES string of the molecule is CCOc1ccc(OCC(=O)O[C@@H](C)C(=O)Nc2ccccc2Cl)cc1. The van der Waals surface area contributed by atoms with Crippen molar-refractivity contribution >= 4 is 29.2 Å². The maximum atomic E-state index is 12.1. The van der Waals surface area contributed by atoms with Crippen molar-refractivity contribution in [3.8, 4) is 11.5 Å². The summed E-state index contributed by atoms with van der Waals surface area (Å²) in [6, 6.07) is 13.6. The molecule has 0 aliphatic rings. The molecule has 2 rings (SSSR count). The Morgan fingerprint density at radius 2 is 1.65 bits per heavy atom. The average molecular weight is 378 g/mol. The zero-order chi connectivity index (χ0) is 18.9. The first-order valence-electron chi connectivity index (χ1n) is 8.10. The van der Waals surface area contributed by atoms with E-state index in [4.69, 9.17) is 25.8 Å². The maximum Gasteiger partial charge on any atom is 0.344 e. The Labute approximate surface area is 157 Å². The molecule has 0 aliphatic heterocycles. The monoisotopic (exact) mass is 377 g/mol. The molecule has 138 valence electrons. The van der Waals surface area contributed by atoms with Gasteiger partial charge in [-0.1, -0.05) is 23.7 Å². The normalized spacial score (nSPS) is 11.3. The van der Waals surface area contributed by atoms with E-state index in [2.05, 4.69) is 5.32 Å². The maximum absolute atomic E-state index is 12.1. The summed E-state index contributed by atoms with van der Waals surface area (Å²) >= 11 is 5.98. The molecule has 0 saturated carbocycles. The third kappa shape index (κ3) is 5.97. The molecule has 26 heavy (non-hydrogen) atoms. The highest BCUT2D eigenvalue weighted by atomic mass is 35.5. The number of halogens is 1. The lowest BCUT2D eigenvalue weighted by molar-refractivity contribution is -0.155. The minimum Gasteiger partial charge on any atom is -0.494 e. The fourth-order valence-electron chi connectivity index (χ4n) is 2.02. The predicted octanol–water partition coefficient (Wildman–Crippen LogP) is 3.69. The van der Waals surface area contributed by atoms with Gasteiger partial charge in [0.05, 0.1) is 17.3 Å². The van der Waals surface area contributed by atoms with Crippen LogP contribution in [-0.2, 0) is 14.3 Å². The number of carbonyl (C=O) groups is 2. The molecule has 0 aliphatic carbocycles. The quantitative estimate of drug-likeness (QED) is 0.710. The minimum atomic E-state index is -0.984. The van der Waals surface area contributed by atoms with Crippen LogP contribution in [0, 0.1) is 0 Å².